The smallest absolute Gasteiger partial charge is 0.0459 e. The minimum atomic E-state index is 0.199. The van der Waals surface area contributed by atoms with E-state index in [-0.39, 0.29) is 5.41 Å². The lowest BCUT2D eigenvalue weighted by atomic mass is 9.72. The van der Waals surface area contributed by atoms with Crippen molar-refractivity contribution in [1.29, 1.82) is 0 Å². The Balaban J connectivity index is 1.92. The van der Waals surface area contributed by atoms with Crippen LogP contribution in [0.2, 0.25) is 10.0 Å². The minimum absolute atomic E-state index is 0.199. The van der Waals surface area contributed by atoms with E-state index in [4.69, 9.17) is 23.2 Å². The lowest BCUT2D eigenvalue weighted by Gasteiger charge is -2.36. The van der Waals surface area contributed by atoms with Gasteiger partial charge in [0.2, 0.25) is 0 Å². The quantitative estimate of drug-likeness (QED) is 0.841. The van der Waals surface area contributed by atoms with Gasteiger partial charge in [0, 0.05) is 28.0 Å². The Kier molecular flexibility index (Phi) is 3.81. The van der Waals surface area contributed by atoms with Gasteiger partial charge in [0.15, 0.2) is 0 Å². The molecule has 0 radical (unpaired) electrons. The first-order chi connectivity index (χ1) is 9.12. The van der Waals surface area contributed by atoms with Gasteiger partial charge in [-0.15, -0.1) is 0 Å². The third-order valence-electron chi connectivity index (χ3n) is 4.95. The van der Waals surface area contributed by atoms with E-state index in [2.05, 4.69) is 18.3 Å². The highest BCUT2D eigenvalue weighted by molar-refractivity contribution is 6.35. The molecule has 3 rings (SSSR count). The molecule has 1 N–H and O–H groups in total. The molecule has 0 saturated heterocycles. The summed E-state index contributed by atoms with van der Waals surface area (Å²) in [5.41, 5.74) is 1.49. The van der Waals surface area contributed by atoms with Crippen LogP contribution >= 0.6 is 23.2 Å². The van der Waals surface area contributed by atoms with Crippen LogP contribution in [0, 0.1) is 5.92 Å². The largest absolute Gasteiger partial charge is 0.313 e. The summed E-state index contributed by atoms with van der Waals surface area (Å²) >= 11 is 12.5. The van der Waals surface area contributed by atoms with Crippen LogP contribution in [-0.4, -0.2) is 12.6 Å². The first kappa shape index (κ1) is 13.7. The van der Waals surface area contributed by atoms with Gasteiger partial charge >= 0.3 is 0 Å². The van der Waals surface area contributed by atoms with E-state index in [9.17, 15) is 0 Å². The maximum absolute atomic E-state index is 6.48. The third-order valence-corrected chi connectivity index (χ3v) is 5.50. The second-order valence-electron chi connectivity index (χ2n) is 6.23. The van der Waals surface area contributed by atoms with E-state index in [0.29, 0.717) is 5.92 Å². The number of hydrogen-bond acceptors (Lipinski definition) is 1. The summed E-state index contributed by atoms with van der Waals surface area (Å²) < 4.78 is 0. The molecule has 0 spiro atoms. The molecule has 2 fully saturated rings. The molecule has 2 aliphatic carbocycles. The molecule has 3 heteroatoms. The molecule has 19 heavy (non-hydrogen) atoms. The zero-order valence-electron chi connectivity index (χ0n) is 11.4. The summed E-state index contributed by atoms with van der Waals surface area (Å²) in [4.78, 5) is 0. The van der Waals surface area contributed by atoms with Crippen LogP contribution in [-0.2, 0) is 5.41 Å². The first-order valence-electron chi connectivity index (χ1n) is 7.31. The molecule has 1 aromatic carbocycles. The maximum Gasteiger partial charge on any atom is 0.0459 e. The molecule has 2 saturated carbocycles. The Morgan fingerprint density at radius 1 is 1.26 bits per heavy atom. The fourth-order valence-corrected chi connectivity index (χ4v) is 4.11. The molecule has 1 aromatic rings. The molecule has 0 amide bonds. The van der Waals surface area contributed by atoms with Crippen LogP contribution in [0.4, 0.5) is 0 Å². The summed E-state index contributed by atoms with van der Waals surface area (Å²) in [6.07, 6.45) is 6.49. The summed E-state index contributed by atoms with van der Waals surface area (Å²) in [7, 11) is 0. The summed E-state index contributed by atoms with van der Waals surface area (Å²) in [6, 6.07) is 6.76. The predicted molar refractivity (Wildman–Crippen MR) is 82.2 cm³/mol. The van der Waals surface area contributed by atoms with Crippen molar-refractivity contribution in [2.45, 2.75) is 50.5 Å². The standard InChI is InChI=1S/C16H21Cl2N/c1-11-3-2-8-16(11,10-19-13-5-6-13)14-7-4-12(17)9-15(14)18/h4,7,9,11,13,19H,2-3,5-6,8,10H2,1H3. The van der Waals surface area contributed by atoms with E-state index in [0.717, 1.165) is 22.6 Å². The van der Waals surface area contributed by atoms with Gasteiger partial charge in [-0.05, 0) is 49.3 Å². The molecule has 0 aromatic heterocycles. The van der Waals surface area contributed by atoms with Crippen molar-refractivity contribution in [2.75, 3.05) is 6.54 Å². The average molecular weight is 298 g/mol. The van der Waals surface area contributed by atoms with Crippen molar-refractivity contribution in [3.63, 3.8) is 0 Å². The maximum atomic E-state index is 6.48. The fourth-order valence-electron chi connectivity index (χ4n) is 3.51. The fraction of sp³-hybridized carbons (Fsp3) is 0.625. The zero-order chi connectivity index (χ0) is 13.5. The molecule has 1 nitrogen and oxygen atoms in total. The Morgan fingerprint density at radius 3 is 2.63 bits per heavy atom. The monoisotopic (exact) mass is 297 g/mol. The van der Waals surface area contributed by atoms with Crippen LogP contribution in [0.25, 0.3) is 0 Å². The van der Waals surface area contributed by atoms with E-state index in [1.807, 2.05) is 12.1 Å². The van der Waals surface area contributed by atoms with E-state index in [1.165, 1.54) is 37.7 Å². The number of rotatable bonds is 4. The van der Waals surface area contributed by atoms with Gasteiger partial charge in [-0.1, -0.05) is 42.6 Å². The lowest BCUT2D eigenvalue weighted by molar-refractivity contribution is 0.316. The Bertz CT molecular complexity index is 470. The van der Waals surface area contributed by atoms with E-state index in [1.54, 1.807) is 0 Å². The van der Waals surface area contributed by atoms with Gasteiger partial charge in [0.05, 0.1) is 0 Å². The Labute approximate surface area is 125 Å². The topological polar surface area (TPSA) is 12.0 Å². The van der Waals surface area contributed by atoms with Crippen LogP contribution in [0.15, 0.2) is 18.2 Å². The molecule has 2 atom stereocenters. The second-order valence-corrected chi connectivity index (χ2v) is 7.07. The normalized spacial score (nSPS) is 30.8. The van der Waals surface area contributed by atoms with Gasteiger partial charge in [-0.25, -0.2) is 0 Å². The highest BCUT2D eigenvalue weighted by atomic mass is 35.5. The van der Waals surface area contributed by atoms with Crippen molar-refractivity contribution >= 4 is 23.2 Å². The van der Waals surface area contributed by atoms with Crippen LogP contribution < -0.4 is 5.32 Å². The summed E-state index contributed by atoms with van der Waals surface area (Å²) in [5, 5.41) is 5.28. The SMILES string of the molecule is CC1CCCC1(CNC1CC1)c1ccc(Cl)cc1Cl. The predicted octanol–water partition coefficient (Wildman–Crippen LogP) is 4.80. The van der Waals surface area contributed by atoms with Crippen molar-refractivity contribution in [2.24, 2.45) is 5.92 Å². The molecule has 2 unspecified atom stereocenters. The lowest BCUT2D eigenvalue weighted by Crippen LogP contribution is -2.41. The molecule has 0 aliphatic heterocycles. The summed E-state index contributed by atoms with van der Waals surface area (Å²) in [6.45, 7) is 3.42. The number of nitrogens with one attached hydrogen (secondary N) is 1. The van der Waals surface area contributed by atoms with Crippen molar-refractivity contribution < 1.29 is 0 Å². The number of hydrogen-bond donors (Lipinski definition) is 1. The molecule has 0 heterocycles. The molecular weight excluding hydrogens is 277 g/mol. The van der Waals surface area contributed by atoms with Crippen molar-refractivity contribution in [1.82, 2.24) is 5.32 Å². The Hall–Kier alpha value is -0.240. The Morgan fingerprint density at radius 2 is 2.05 bits per heavy atom. The highest BCUT2D eigenvalue weighted by Crippen LogP contribution is 2.48. The van der Waals surface area contributed by atoms with Crippen LogP contribution in [0.5, 0.6) is 0 Å². The van der Waals surface area contributed by atoms with Gasteiger partial charge < -0.3 is 5.32 Å². The van der Waals surface area contributed by atoms with Crippen LogP contribution in [0.3, 0.4) is 0 Å². The molecular formula is C16H21Cl2N. The van der Waals surface area contributed by atoms with Gasteiger partial charge in [0.25, 0.3) is 0 Å². The van der Waals surface area contributed by atoms with Crippen molar-refractivity contribution in [3.05, 3.63) is 33.8 Å². The van der Waals surface area contributed by atoms with Gasteiger partial charge in [-0.2, -0.15) is 0 Å². The average Bonchev–Trinajstić information content (AvgIpc) is 3.12. The third kappa shape index (κ3) is 2.66. The van der Waals surface area contributed by atoms with Crippen LogP contribution in [0.1, 0.15) is 44.6 Å². The molecule has 0 bridgehead atoms. The van der Waals surface area contributed by atoms with E-state index >= 15 is 0 Å². The molecule has 104 valence electrons. The second kappa shape index (κ2) is 5.27. The van der Waals surface area contributed by atoms with Gasteiger partial charge in [0.1, 0.15) is 0 Å². The summed E-state index contributed by atoms with van der Waals surface area (Å²) in [5.74, 6) is 0.678. The number of halogens is 2. The number of benzene rings is 1. The molecule has 2 aliphatic rings. The highest BCUT2D eigenvalue weighted by Gasteiger charge is 2.43. The van der Waals surface area contributed by atoms with E-state index < -0.39 is 0 Å². The van der Waals surface area contributed by atoms with Crippen molar-refractivity contribution in [3.8, 4) is 0 Å². The minimum Gasteiger partial charge on any atom is -0.313 e. The van der Waals surface area contributed by atoms with Gasteiger partial charge in [-0.3, -0.25) is 0 Å². The first-order valence-corrected chi connectivity index (χ1v) is 8.06. The zero-order valence-corrected chi connectivity index (χ0v) is 12.9.